The van der Waals surface area contributed by atoms with Crippen molar-refractivity contribution >= 4 is 0 Å². The molecule has 0 aliphatic rings. The Bertz CT molecular complexity index is 128. The first kappa shape index (κ1) is 14.9. The van der Waals surface area contributed by atoms with Crippen LogP contribution in [0.25, 0.3) is 0 Å². The summed E-state index contributed by atoms with van der Waals surface area (Å²) in [7, 11) is 0. The topological polar surface area (TPSA) is 35.2 Å². The lowest BCUT2D eigenvalue weighted by atomic mass is 9.91. The molecule has 0 aliphatic heterocycles. The second-order valence-corrected chi connectivity index (χ2v) is 4.40. The predicted molar refractivity (Wildman–Crippen MR) is 67.0 cm³/mol. The molecule has 0 spiro atoms. The predicted octanol–water partition coefficient (Wildman–Crippen LogP) is 3.35. The average molecular weight is 215 g/mol. The van der Waals surface area contributed by atoms with E-state index >= 15 is 0 Å². The third-order valence-electron chi connectivity index (χ3n) is 3.02. The van der Waals surface area contributed by atoms with Gasteiger partial charge in [0.15, 0.2) is 0 Å². The van der Waals surface area contributed by atoms with E-state index in [9.17, 15) is 0 Å². The number of ether oxygens (including phenoxy) is 1. The summed E-state index contributed by atoms with van der Waals surface area (Å²) in [6.45, 7) is 8.18. The van der Waals surface area contributed by atoms with Gasteiger partial charge in [-0.05, 0) is 25.7 Å². The van der Waals surface area contributed by atoms with E-state index in [1.807, 2.05) is 6.92 Å². The van der Waals surface area contributed by atoms with Crippen LogP contribution >= 0.6 is 0 Å². The number of hydrogen-bond acceptors (Lipinski definition) is 2. The lowest BCUT2D eigenvalue weighted by Gasteiger charge is -2.19. The van der Waals surface area contributed by atoms with Crippen molar-refractivity contribution in [3.8, 4) is 0 Å². The maximum Gasteiger partial charge on any atom is 0.0480 e. The van der Waals surface area contributed by atoms with Gasteiger partial charge in [0.1, 0.15) is 0 Å². The Morgan fingerprint density at radius 1 is 1.13 bits per heavy atom. The molecule has 15 heavy (non-hydrogen) atoms. The number of nitrogens with two attached hydrogens (primary N) is 1. The summed E-state index contributed by atoms with van der Waals surface area (Å²) in [4.78, 5) is 0. The zero-order valence-corrected chi connectivity index (χ0v) is 10.8. The summed E-state index contributed by atoms with van der Waals surface area (Å²) in [6, 6.07) is 0.332. The van der Waals surface area contributed by atoms with Crippen LogP contribution in [-0.4, -0.2) is 19.3 Å². The number of hydrogen-bond donors (Lipinski definition) is 1. The van der Waals surface area contributed by atoms with Gasteiger partial charge in [-0.2, -0.15) is 0 Å². The van der Waals surface area contributed by atoms with Crippen LogP contribution in [0.1, 0.15) is 59.3 Å². The Morgan fingerprint density at radius 3 is 2.40 bits per heavy atom. The molecule has 2 unspecified atom stereocenters. The van der Waals surface area contributed by atoms with E-state index in [1.165, 1.54) is 32.1 Å². The molecule has 0 aliphatic carbocycles. The maximum atomic E-state index is 6.08. The van der Waals surface area contributed by atoms with Crippen LogP contribution in [0.2, 0.25) is 0 Å². The fraction of sp³-hybridized carbons (Fsp3) is 1.00. The average Bonchev–Trinajstić information content (AvgIpc) is 2.24. The number of rotatable bonds is 10. The molecule has 0 bridgehead atoms. The van der Waals surface area contributed by atoms with Gasteiger partial charge in [0.05, 0.1) is 0 Å². The summed E-state index contributed by atoms with van der Waals surface area (Å²) in [5.74, 6) is 0.821. The molecule has 2 nitrogen and oxygen atoms in total. The van der Waals surface area contributed by atoms with E-state index in [2.05, 4.69) is 13.8 Å². The summed E-state index contributed by atoms with van der Waals surface area (Å²) in [6.07, 6.45) is 7.43. The second kappa shape index (κ2) is 10.4. The number of unbranched alkanes of at least 4 members (excludes halogenated alkanes) is 1. The molecule has 0 saturated carbocycles. The van der Waals surface area contributed by atoms with E-state index in [0.29, 0.717) is 6.04 Å². The Labute approximate surface area is 95.6 Å². The molecule has 2 heteroatoms. The first-order valence-electron chi connectivity index (χ1n) is 6.57. The summed E-state index contributed by atoms with van der Waals surface area (Å²) >= 11 is 0. The molecule has 0 fully saturated rings. The van der Waals surface area contributed by atoms with Crippen molar-refractivity contribution in [2.75, 3.05) is 13.2 Å². The molecule has 2 N–H and O–H groups in total. The highest BCUT2D eigenvalue weighted by Crippen LogP contribution is 2.18. The Morgan fingerprint density at radius 2 is 1.87 bits per heavy atom. The first-order chi connectivity index (χ1) is 7.24. The van der Waals surface area contributed by atoms with Crippen molar-refractivity contribution in [3.63, 3.8) is 0 Å². The molecule has 0 saturated heterocycles. The Balaban J connectivity index is 3.55. The molecule has 0 aromatic rings. The molecule has 0 heterocycles. The normalized spacial score (nSPS) is 15.2. The highest BCUT2D eigenvalue weighted by molar-refractivity contribution is 4.67. The SMILES string of the molecule is CCCCC(CC)CC(N)CCOCC. The molecular weight excluding hydrogens is 186 g/mol. The quantitative estimate of drug-likeness (QED) is 0.567. The second-order valence-electron chi connectivity index (χ2n) is 4.40. The standard InChI is InChI=1S/C13H29NO/c1-4-7-8-12(5-2)11-13(14)9-10-15-6-3/h12-13H,4-11,14H2,1-3H3. The molecule has 0 amide bonds. The molecule has 2 atom stereocenters. The van der Waals surface area contributed by atoms with Gasteiger partial charge in [-0.25, -0.2) is 0 Å². The van der Waals surface area contributed by atoms with Crippen molar-refractivity contribution in [2.45, 2.75) is 65.3 Å². The van der Waals surface area contributed by atoms with Gasteiger partial charge in [0.2, 0.25) is 0 Å². The van der Waals surface area contributed by atoms with Crippen molar-refractivity contribution < 1.29 is 4.74 Å². The summed E-state index contributed by atoms with van der Waals surface area (Å²) in [5.41, 5.74) is 6.08. The Hall–Kier alpha value is -0.0800. The van der Waals surface area contributed by atoms with Crippen LogP contribution in [0.15, 0.2) is 0 Å². The van der Waals surface area contributed by atoms with Crippen molar-refractivity contribution in [1.82, 2.24) is 0 Å². The lowest BCUT2D eigenvalue weighted by molar-refractivity contribution is 0.137. The van der Waals surface area contributed by atoms with Gasteiger partial charge < -0.3 is 10.5 Å². The van der Waals surface area contributed by atoms with Gasteiger partial charge in [-0.15, -0.1) is 0 Å². The van der Waals surface area contributed by atoms with Gasteiger partial charge in [0.25, 0.3) is 0 Å². The fourth-order valence-electron chi connectivity index (χ4n) is 1.91. The van der Waals surface area contributed by atoms with E-state index in [4.69, 9.17) is 10.5 Å². The lowest BCUT2D eigenvalue weighted by Crippen LogP contribution is -2.25. The minimum absolute atomic E-state index is 0.332. The van der Waals surface area contributed by atoms with Crippen LogP contribution in [0.4, 0.5) is 0 Å². The largest absolute Gasteiger partial charge is 0.382 e. The Kier molecular flexibility index (Phi) is 10.4. The van der Waals surface area contributed by atoms with Crippen molar-refractivity contribution in [3.05, 3.63) is 0 Å². The zero-order valence-electron chi connectivity index (χ0n) is 10.8. The third kappa shape index (κ3) is 8.88. The van der Waals surface area contributed by atoms with Crippen LogP contribution in [0, 0.1) is 5.92 Å². The summed E-state index contributed by atoms with van der Waals surface area (Å²) in [5, 5.41) is 0. The molecule has 0 radical (unpaired) electrons. The van der Waals surface area contributed by atoms with Crippen molar-refractivity contribution in [2.24, 2.45) is 11.7 Å². The molecule has 92 valence electrons. The zero-order chi connectivity index (χ0) is 11.5. The molecular formula is C13H29NO. The van der Waals surface area contributed by atoms with Crippen LogP contribution < -0.4 is 5.73 Å². The minimum atomic E-state index is 0.332. The van der Waals surface area contributed by atoms with E-state index < -0.39 is 0 Å². The summed E-state index contributed by atoms with van der Waals surface area (Å²) < 4.78 is 5.32. The van der Waals surface area contributed by atoms with Crippen LogP contribution in [-0.2, 0) is 4.74 Å². The van der Waals surface area contributed by atoms with Gasteiger partial charge in [-0.3, -0.25) is 0 Å². The monoisotopic (exact) mass is 215 g/mol. The highest BCUT2D eigenvalue weighted by atomic mass is 16.5. The van der Waals surface area contributed by atoms with Gasteiger partial charge in [-0.1, -0.05) is 39.5 Å². The third-order valence-corrected chi connectivity index (χ3v) is 3.02. The van der Waals surface area contributed by atoms with E-state index in [1.54, 1.807) is 0 Å². The highest BCUT2D eigenvalue weighted by Gasteiger charge is 2.11. The maximum absolute atomic E-state index is 6.08. The van der Waals surface area contributed by atoms with Crippen molar-refractivity contribution in [1.29, 1.82) is 0 Å². The van der Waals surface area contributed by atoms with Crippen LogP contribution in [0.5, 0.6) is 0 Å². The molecule has 0 aromatic carbocycles. The van der Waals surface area contributed by atoms with Crippen LogP contribution in [0.3, 0.4) is 0 Å². The molecule has 0 rings (SSSR count). The molecule has 0 aromatic heterocycles. The van der Waals surface area contributed by atoms with E-state index in [0.717, 1.165) is 25.6 Å². The smallest absolute Gasteiger partial charge is 0.0480 e. The first-order valence-corrected chi connectivity index (χ1v) is 6.57. The van der Waals surface area contributed by atoms with Gasteiger partial charge in [0, 0.05) is 19.3 Å². The van der Waals surface area contributed by atoms with E-state index in [-0.39, 0.29) is 0 Å². The fourth-order valence-corrected chi connectivity index (χ4v) is 1.91. The van der Waals surface area contributed by atoms with Gasteiger partial charge >= 0.3 is 0 Å². The minimum Gasteiger partial charge on any atom is -0.382 e.